The summed E-state index contributed by atoms with van der Waals surface area (Å²) in [6.45, 7) is 3.20. The van der Waals surface area contributed by atoms with E-state index in [2.05, 4.69) is 22.4 Å². The highest BCUT2D eigenvalue weighted by atomic mass is 32.2. The summed E-state index contributed by atoms with van der Waals surface area (Å²) >= 11 is 0. The molecule has 1 N–H and O–H groups in total. The van der Waals surface area contributed by atoms with E-state index in [-0.39, 0.29) is 35.2 Å². The van der Waals surface area contributed by atoms with Crippen molar-refractivity contribution < 1.29 is 22.1 Å². The minimum atomic E-state index is -3.53. The van der Waals surface area contributed by atoms with Gasteiger partial charge >= 0.3 is 0 Å². The predicted octanol–water partition coefficient (Wildman–Crippen LogP) is 3.87. The first-order valence-corrected chi connectivity index (χ1v) is 12.2. The Morgan fingerprint density at radius 1 is 1.15 bits per heavy atom. The Morgan fingerprint density at radius 3 is 2.55 bits per heavy atom. The summed E-state index contributed by atoms with van der Waals surface area (Å²) in [5.74, 6) is 0.215. The highest BCUT2D eigenvalue weighted by molar-refractivity contribution is 7.89. The molecule has 1 aliphatic rings. The maximum atomic E-state index is 13.6. The van der Waals surface area contributed by atoms with Gasteiger partial charge < -0.3 is 9.84 Å². The number of benzene rings is 2. The van der Waals surface area contributed by atoms with E-state index >= 15 is 0 Å². The molecule has 4 rings (SSSR count). The summed E-state index contributed by atoms with van der Waals surface area (Å²) < 4.78 is 46.1. The third-order valence-electron chi connectivity index (χ3n) is 5.67. The molecule has 0 saturated carbocycles. The quantitative estimate of drug-likeness (QED) is 0.560. The fourth-order valence-electron chi connectivity index (χ4n) is 3.62. The number of aromatic nitrogens is 2. The number of nitrogens with zero attached hydrogens (tertiary/aromatic N) is 3. The zero-order valence-electron chi connectivity index (χ0n) is 18.2. The van der Waals surface area contributed by atoms with Crippen LogP contribution in [0.2, 0.25) is 0 Å². The summed E-state index contributed by atoms with van der Waals surface area (Å²) in [4.78, 5) is 16.6. The number of sulfonamides is 1. The van der Waals surface area contributed by atoms with E-state index in [9.17, 15) is 17.6 Å². The number of halogens is 1. The Bertz CT molecular complexity index is 1220. The second-order valence-corrected chi connectivity index (χ2v) is 10.1. The minimum Gasteiger partial charge on any atom is -0.339 e. The molecule has 0 radical (unpaired) electrons. The summed E-state index contributed by atoms with van der Waals surface area (Å²) in [5, 5.41) is 6.42. The van der Waals surface area contributed by atoms with Crippen molar-refractivity contribution in [3.8, 4) is 11.4 Å². The first-order chi connectivity index (χ1) is 15.8. The molecule has 0 atom stereocenters. The fourth-order valence-corrected chi connectivity index (χ4v) is 5.09. The number of nitrogens with one attached hydrogen (secondary N) is 1. The molecule has 1 amide bonds. The van der Waals surface area contributed by atoms with Gasteiger partial charge in [0.2, 0.25) is 27.6 Å². The number of amides is 1. The van der Waals surface area contributed by atoms with Gasteiger partial charge in [-0.2, -0.15) is 9.29 Å². The van der Waals surface area contributed by atoms with E-state index in [1.807, 2.05) is 0 Å². The molecule has 0 unspecified atom stereocenters. The smallest absolute Gasteiger partial charge is 0.243 e. The first kappa shape index (κ1) is 23.1. The number of aryl methyl sites for hydroxylation is 1. The van der Waals surface area contributed by atoms with E-state index in [0.29, 0.717) is 30.4 Å². The van der Waals surface area contributed by atoms with Gasteiger partial charge in [0.05, 0.1) is 10.6 Å². The lowest BCUT2D eigenvalue weighted by atomic mass is 10.0. The van der Waals surface area contributed by atoms with Crippen molar-refractivity contribution in [3.05, 3.63) is 60.2 Å². The lowest BCUT2D eigenvalue weighted by Crippen LogP contribution is -2.37. The van der Waals surface area contributed by atoms with Gasteiger partial charge in [0.1, 0.15) is 5.82 Å². The third kappa shape index (κ3) is 5.45. The molecule has 1 aromatic heterocycles. The third-order valence-corrected chi connectivity index (χ3v) is 7.59. The molecule has 8 nitrogen and oxygen atoms in total. The van der Waals surface area contributed by atoms with E-state index in [1.54, 1.807) is 36.4 Å². The molecule has 0 aliphatic carbocycles. The van der Waals surface area contributed by atoms with Crippen LogP contribution >= 0.6 is 0 Å². The Labute approximate surface area is 191 Å². The van der Waals surface area contributed by atoms with Crippen LogP contribution in [0.15, 0.2) is 57.9 Å². The lowest BCUT2D eigenvalue weighted by Gasteiger charge is -2.29. The van der Waals surface area contributed by atoms with Crippen LogP contribution < -0.4 is 5.32 Å². The summed E-state index contributed by atoms with van der Waals surface area (Å²) in [7, 11) is -3.53. The van der Waals surface area contributed by atoms with Crippen molar-refractivity contribution in [2.45, 2.75) is 37.5 Å². The van der Waals surface area contributed by atoms with Crippen LogP contribution in [-0.4, -0.2) is 41.9 Å². The summed E-state index contributed by atoms with van der Waals surface area (Å²) in [5.41, 5.74) is 0.717. The monoisotopic (exact) mass is 472 g/mol. The molecule has 2 heterocycles. The van der Waals surface area contributed by atoms with Gasteiger partial charge in [-0.05, 0) is 55.2 Å². The van der Waals surface area contributed by atoms with Gasteiger partial charge in [0, 0.05) is 31.5 Å². The number of piperidine rings is 1. The van der Waals surface area contributed by atoms with E-state index < -0.39 is 15.8 Å². The topological polar surface area (TPSA) is 105 Å². The van der Waals surface area contributed by atoms with Gasteiger partial charge in [-0.25, -0.2) is 12.8 Å². The van der Waals surface area contributed by atoms with E-state index in [4.69, 9.17) is 4.52 Å². The van der Waals surface area contributed by atoms with Crippen LogP contribution in [0, 0.1) is 11.7 Å². The molecule has 0 spiro atoms. The minimum absolute atomic E-state index is 0.0433. The fraction of sp³-hybridized carbons (Fsp3) is 0.348. The summed E-state index contributed by atoms with van der Waals surface area (Å²) in [6, 6.07) is 12.3. The van der Waals surface area contributed by atoms with Crippen molar-refractivity contribution in [3.63, 3.8) is 0 Å². The Kier molecular flexibility index (Phi) is 6.85. The number of anilines is 1. The highest BCUT2D eigenvalue weighted by Crippen LogP contribution is 2.25. The lowest BCUT2D eigenvalue weighted by molar-refractivity contribution is -0.116. The standard InChI is InChI=1S/C23H25FN4O4S/c1-16-12-14-28(15-13-16)33(30,31)18-8-6-17(7-9-18)23-26-22(32-27-23)11-10-21(29)25-20-5-3-2-4-19(20)24/h2-9,16H,10-15H2,1H3,(H,25,29). The van der Waals surface area contributed by atoms with Crippen molar-refractivity contribution >= 4 is 21.6 Å². The second-order valence-electron chi connectivity index (χ2n) is 8.15. The largest absolute Gasteiger partial charge is 0.339 e. The van der Waals surface area contributed by atoms with Crippen LogP contribution in [0.4, 0.5) is 10.1 Å². The molecule has 33 heavy (non-hydrogen) atoms. The Hall–Kier alpha value is -3.11. The van der Waals surface area contributed by atoms with Crippen LogP contribution in [0.1, 0.15) is 32.1 Å². The number of hydrogen-bond acceptors (Lipinski definition) is 6. The zero-order valence-corrected chi connectivity index (χ0v) is 19.0. The van der Waals surface area contributed by atoms with Gasteiger partial charge in [0.25, 0.3) is 0 Å². The molecule has 0 bridgehead atoms. The maximum Gasteiger partial charge on any atom is 0.243 e. The van der Waals surface area contributed by atoms with Gasteiger partial charge in [-0.1, -0.05) is 24.2 Å². The molecular formula is C23H25FN4O4S. The van der Waals surface area contributed by atoms with Crippen LogP contribution in [0.3, 0.4) is 0 Å². The average Bonchev–Trinajstić information content (AvgIpc) is 3.29. The zero-order chi connectivity index (χ0) is 23.4. The number of carbonyl (C=O) groups excluding carboxylic acids is 1. The SMILES string of the molecule is CC1CCN(S(=O)(=O)c2ccc(-c3noc(CCC(=O)Nc4ccccc4F)n3)cc2)CC1. The van der Waals surface area contributed by atoms with Gasteiger partial charge in [-0.15, -0.1) is 0 Å². The van der Waals surface area contributed by atoms with Crippen molar-refractivity contribution in [2.24, 2.45) is 5.92 Å². The summed E-state index contributed by atoms with van der Waals surface area (Å²) in [6.07, 6.45) is 1.96. The molecule has 174 valence electrons. The van der Waals surface area contributed by atoms with Crippen LogP contribution in [0.5, 0.6) is 0 Å². The van der Waals surface area contributed by atoms with Crippen LogP contribution in [-0.2, 0) is 21.2 Å². The molecule has 1 aliphatic heterocycles. The number of hydrogen-bond donors (Lipinski definition) is 1. The first-order valence-electron chi connectivity index (χ1n) is 10.8. The molecule has 1 saturated heterocycles. The molecule has 3 aromatic rings. The average molecular weight is 473 g/mol. The Morgan fingerprint density at radius 2 is 1.85 bits per heavy atom. The number of carbonyl (C=O) groups is 1. The second kappa shape index (κ2) is 9.80. The van der Waals surface area contributed by atoms with Crippen molar-refractivity contribution in [1.82, 2.24) is 14.4 Å². The highest BCUT2D eigenvalue weighted by Gasteiger charge is 2.28. The maximum absolute atomic E-state index is 13.6. The predicted molar refractivity (Wildman–Crippen MR) is 120 cm³/mol. The van der Waals surface area contributed by atoms with Gasteiger partial charge in [-0.3, -0.25) is 4.79 Å². The normalized spacial score (nSPS) is 15.5. The molecule has 2 aromatic carbocycles. The van der Waals surface area contributed by atoms with Crippen molar-refractivity contribution in [1.29, 1.82) is 0 Å². The molecule has 10 heteroatoms. The van der Waals surface area contributed by atoms with Crippen molar-refractivity contribution in [2.75, 3.05) is 18.4 Å². The van der Waals surface area contributed by atoms with Crippen LogP contribution in [0.25, 0.3) is 11.4 Å². The van der Waals surface area contributed by atoms with E-state index in [1.165, 1.54) is 16.4 Å². The number of para-hydroxylation sites is 1. The molecule has 1 fully saturated rings. The number of rotatable bonds is 7. The Balaban J connectivity index is 1.36. The molecular weight excluding hydrogens is 447 g/mol. The van der Waals surface area contributed by atoms with Gasteiger partial charge in [0.15, 0.2) is 0 Å². The van der Waals surface area contributed by atoms with E-state index in [0.717, 1.165) is 12.8 Å².